The Balaban J connectivity index is 2.67. The van der Waals surface area contributed by atoms with Crippen LogP contribution in [0.25, 0.3) is 0 Å². The Hall–Kier alpha value is -1.33. The third-order valence-electron chi connectivity index (χ3n) is 1.74. The van der Waals surface area contributed by atoms with Crippen LogP contribution in [0.5, 0.6) is 0 Å². The molecule has 0 aromatic carbocycles. The summed E-state index contributed by atoms with van der Waals surface area (Å²) in [6.07, 6.45) is 1.35. The first kappa shape index (κ1) is 12.7. The molecule has 88 valence electrons. The van der Waals surface area contributed by atoms with Crippen molar-refractivity contribution >= 4 is 29.0 Å². The van der Waals surface area contributed by atoms with E-state index >= 15 is 0 Å². The van der Waals surface area contributed by atoms with E-state index in [1.807, 2.05) is 0 Å². The number of anilines is 2. The lowest BCUT2D eigenvalue weighted by atomic mass is 10.1. The van der Waals surface area contributed by atoms with Crippen molar-refractivity contribution in [1.29, 1.82) is 0 Å². The van der Waals surface area contributed by atoms with Gasteiger partial charge in [0.1, 0.15) is 5.82 Å². The van der Waals surface area contributed by atoms with Crippen molar-refractivity contribution in [1.82, 2.24) is 4.98 Å². The number of hydrogen-bond donors (Lipinski definition) is 3. The number of pyridine rings is 1. The van der Waals surface area contributed by atoms with Crippen molar-refractivity contribution in [2.75, 3.05) is 11.1 Å². The third kappa shape index (κ3) is 4.04. The molecule has 0 unspecified atom stereocenters. The molecule has 0 bridgehead atoms. The highest BCUT2D eigenvalue weighted by atomic mass is 35.5. The van der Waals surface area contributed by atoms with E-state index in [2.05, 4.69) is 10.3 Å². The van der Waals surface area contributed by atoms with E-state index in [4.69, 9.17) is 17.3 Å². The summed E-state index contributed by atoms with van der Waals surface area (Å²) in [6, 6.07) is 1.46. The number of aliphatic hydroxyl groups is 1. The molecule has 6 heteroatoms. The maximum Gasteiger partial charge on any atom is 0.228 e. The maximum absolute atomic E-state index is 11.4. The van der Waals surface area contributed by atoms with E-state index in [0.717, 1.165) is 0 Å². The van der Waals surface area contributed by atoms with Crippen LogP contribution in [-0.4, -0.2) is 21.6 Å². The Morgan fingerprint density at radius 1 is 1.69 bits per heavy atom. The van der Waals surface area contributed by atoms with Crippen molar-refractivity contribution in [3.63, 3.8) is 0 Å². The lowest BCUT2D eigenvalue weighted by Gasteiger charge is -2.16. The van der Waals surface area contributed by atoms with Gasteiger partial charge < -0.3 is 16.2 Å². The van der Waals surface area contributed by atoms with E-state index < -0.39 is 5.60 Å². The van der Waals surface area contributed by atoms with Gasteiger partial charge >= 0.3 is 0 Å². The average Bonchev–Trinajstić information content (AvgIpc) is 2.08. The van der Waals surface area contributed by atoms with Gasteiger partial charge in [0, 0.05) is 6.07 Å². The molecule has 0 radical (unpaired) electrons. The molecule has 1 aromatic rings. The van der Waals surface area contributed by atoms with E-state index in [1.165, 1.54) is 12.3 Å². The Morgan fingerprint density at radius 3 is 2.81 bits per heavy atom. The normalized spacial score (nSPS) is 11.2. The fourth-order valence-corrected chi connectivity index (χ4v) is 1.24. The zero-order valence-electron chi connectivity index (χ0n) is 9.12. The van der Waals surface area contributed by atoms with Crippen LogP contribution in [0, 0.1) is 0 Å². The highest BCUT2D eigenvalue weighted by Crippen LogP contribution is 2.20. The van der Waals surface area contributed by atoms with E-state index in [-0.39, 0.29) is 12.3 Å². The Bertz CT molecular complexity index is 402. The second kappa shape index (κ2) is 4.67. The van der Waals surface area contributed by atoms with Crippen molar-refractivity contribution in [3.8, 4) is 0 Å². The quantitative estimate of drug-likeness (QED) is 0.749. The number of aromatic nitrogens is 1. The Kier molecular flexibility index (Phi) is 3.72. The SMILES string of the molecule is CC(C)(O)CC(=O)Nc1cc(Cl)c(N)cn1. The van der Waals surface area contributed by atoms with Gasteiger partial charge in [-0.3, -0.25) is 4.79 Å². The first-order valence-corrected chi connectivity index (χ1v) is 5.09. The highest BCUT2D eigenvalue weighted by Gasteiger charge is 2.18. The van der Waals surface area contributed by atoms with E-state index in [9.17, 15) is 9.90 Å². The van der Waals surface area contributed by atoms with Gasteiger partial charge in [0.15, 0.2) is 0 Å². The van der Waals surface area contributed by atoms with Gasteiger partial charge in [-0.25, -0.2) is 4.98 Å². The Labute approximate surface area is 98.6 Å². The molecule has 1 heterocycles. The van der Waals surface area contributed by atoms with Crippen LogP contribution >= 0.6 is 11.6 Å². The van der Waals surface area contributed by atoms with Gasteiger partial charge in [-0.05, 0) is 13.8 Å². The van der Waals surface area contributed by atoms with Crippen LogP contribution < -0.4 is 11.1 Å². The summed E-state index contributed by atoms with van der Waals surface area (Å²) in [5.41, 5.74) is 4.77. The average molecular weight is 244 g/mol. The fourth-order valence-electron chi connectivity index (χ4n) is 1.09. The first-order valence-electron chi connectivity index (χ1n) is 4.71. The molecule has 0 saturated heterocycles. The van der Waals surface area contributed by atoms with Gasteiger partial charge in [0.2, 0.25) is 5.91 Å². The van der Waals surface area contributed by atoms with Gasteiger partial charge in [-0.1, -0.05) is 11.6 Å². The smallest absolute Gasteiger partial charge is 0.228 e. The number of nitrogens with zero attached hydrogens (tertiary/aromatic N) is 1. The number of rotatable bonds is 3. The molecule has 0 aliphatic heterocycles. The van der Waals surface area contributed by atoms with Crippen LogP contribution in [0.4, 0.5) is 11.5 Å². The summed E-state index contributed by atoms with van der Waals surface area (Å²) in [4.78, 5) is 15.3. The molecule has 5 nitrogen and oxygen atoms in total. The number of halogens is 1. The molecule has 0 atom stereocenters. The van der Waals surface area contributed by atoms with E-state index in [0.29, 0.717) is 16.5 Å². The van der Waals surface area contributed by atoms with E-state index in [1.54, 1.807) is 13.8 Å². The van der Waals surface area contributed by atoms with Crippen LogP contribution in [0.15, 0.2) is 12.3 Å². The number of carbonyl (C=O) groups excluding carboxylic acids is 1. The first-order chi connectivity index (χ1) is 7.28. The number of amides is 1. The summed E-state index contributed by atoms with van der Waals surface area (Å²) in [6.45, 7) is 3.10. The zero-order chi connectivity index (χ0) is 12.3. The number of nitrogens with one attached hydrogen (secondary N) is 1. The van der Waals surface area contributed by atoms with Gasteiger partial charge in [0.25, 0.3) is 0 Å². The van der Waals surface area contributed by atoms with Gasteiger partial charge in [-0.15, -0.1) is 0 Å². The topological polar surface area (TPSA) is 88.2 Å². The number of nitrogens with two attached hydrogens (primary N) is 1. The van der Waals surface area contributed by atoms with Crippen molar-refractivity contribution in [3.05, 3.63) is 17.3 Å². The van der Waals surface area contributed by atoms with Crippen LogP contribution in [-0.2, 0) is 4.79 Å². The molecular formula is C10H14ClN3O2. The minimum Gasteiger partial charge on any atom is -0.396 e. The van der Waals surface area contributed by atoms with Gasteiger partial charge in [-0.2, -0.15) is 0 Å². The summed E-state index contributed by atoms with van der Waals surface area (Å²) in [7, 11) is 0. The fraction of sp³-hybridized carbons (Fsp3) is 0.400. The second-order valence-electron chi connectivity index (χ2n) is 4.13. The molecule has 1 rings (SSSR count). The minimum absolute atomic E-state index is 0.0172. The molecule has 4 N–H and O–H groups in total. The zero-order valence-corrected chi connectivity index (χ0v) is 9.88. The molecule has 1 aromatic heterocycles. The predicted molar refractivity (Wildman–Crippen MR) is 63.2 cm³/mol. The maximum atomic E-state index is 11.4. The molecule has 0 saturated carbocycles. The molecule has 0 fully saturated rings. The number of hydrogen-bond acceptors (Lipinski definition) is 4. The molecule has 16 heavy (non-hydrogen) atoms. The van der Waals surface area contributed by atoms with Crippen molar-refractivity contribution < 1.29 is 9.90 Å². The Morgan fingerprint density at radius 2 is 2.31 bits per heavy atom. The summed E-state index contributed by atoms with van der Waals surface area (Å²) < 4.78 is 0. The molecule has 1 amide bonds. The second-order valence-corrected chi connectivity index (χ2v) is 4.54. The summed E-state index contributed by atoms with van der Waals surface area (Å²) >= 11 is 5.76. The molecule has 0 aliphatic carbocycles. The van der Waals surface area contributed by atoms with Crippen LogP contribution in [0.1, 0.15) is 20.3 Å². The van der Waals surface area contributed by atoms with Crippen LogP contribution in [0.3, 0.4) is 0 Å². The highest BCUT2D eigenvalue weighted by molar-refractivity contribution is 6.33. The summed E-state index contributed by atoms with van der Waals surface area (Å²) in [5, 5.41) is 12.3. The minimum atomic E-state index is -1.05. The predicted octanol–water partition coefficient (Wildman–Crippen LogP) is 1.42. The molecule has 0 spiro atoms. The largest absolute Gasteiger partial charge is 0.396 e. The monoisotopic (exact) mass is 243 g/mol. The van der Waals surface area contributed by atoms with Gasteiger partial charge in [0.05, 0.1) is 28.9 Å². The standard InChI is InChI=1S/C10H14ClN3O2/c1-10(2,16)4-9(15)14-8-3-6(11)7(12)5-13-8/h3,5,16H,4,12H2,1-2H3,(H,13,14,15). The summed E-state index contributed by atoms with van der Waals surface area (Å²) in [5.74, 6) is -0.0192. The van der Waals surface area contributed by atoms with Crippen molar-refractivity contribution in [2.45, 2.75) is 25.9 Å². The molecular weight excluding hydrogens is 230 g/mol. The van der Waals surface area contributed by atoms with Crippen molar-refractivity contribution in [2.24, 2.45) is 0 Å². The van der Waals surface area contributed by atoms with Crippen LogP contribution in [0.2, 0.25) is 5.02 Å². The lowest BCUT2D eigenvalue weighted by Crippen LogP contribution is -2.27. The number of carbonyl (C=O) groups is 1. The third-order valence-corrected chi connectivity index (χ3v) is 2.07. The lowest BCUT2D eigenvalue weighted by molar-refractivity contribution is -0.119. The molecule has 0 aliphatic rings. The number of nitrogen functional groups attached to an aromatic ring is 1.